The van der Waals surface area contributed by atoms with E-state index in [1.54, 1.807) is 75.6 Å². The van der Waals surface area contributed by atoms with Gasteiger partial charge in [-0.05, 0) is 66.6 Å². The van der Waals surface area contributed by atoms with Crippen molar-refractivity contribution in [2.24, 2.45) is 5.73 Å². The second kappa shape index (κ2) is 12.5. The van der Waals surface area contributed by atoms with Gasteiger partial charge in [-0.1, -0.05) is 18.2 Å². The van der Waals surface area contributed by atoms with Crippen molar-refractivity contribution >= 4 is 40.2 Å². The van der Waals surface area contributed by atoms with Crippen LogP contribution in [0.5, 0.6) is 23.4 Å². The third-order valence-electron chi connectivity index (χ3n) is 6.69. The van der Waals surface area contributed by atoms with Crippen molar-refractivity contribution in [1.29, 1.82) is 5.41 Å². The lowest BCUT2D eigenvalue weighted by atomic mass is 10.0. The smallest absolute Gasteiger partial charge is 0.327 e. The van der Waals surface area contributed by atoms with Gasteiger partial charge in [-0.2, -0.15) is 9.97 Å². The summed E-state index contributed by atoms with van der Waals surface area (Å²) in [6, 6.07) is 17.0. The minimum absolute atomic E-state index is 0.00502. The van der Waals surface area contributed by atoms with Crippen LogP contribution >= 0.6 is 0 Å². The maximum atomic E-state index is 13.2. The Balaban J connectivity index is 1.49. The second-order valence-electron chi connectivity index (χ2n) is 10.1. The van der Waals surface area contributed by atoms with Crippen molar-refractivity contribution in [1.82, 2.24) is 14.9 Å². The number of nitrogen functional groups attached to an aromatic ring is 1. The van der Waals surface area contributed by atoms with Gasteiger partial charge in [0, 0.05) is 31.6 Å². The zero-order valence-electron chi connectivity index (χ0n) is 24.0. The van der Waals surface area contributed by atoms with Gasteiger partial charge in [-0.15, -0.1) is 0 Å². The number of amidine groups is 1. The minimum Gasteiger partial charge on any atom is -0.437 e. The average molecular weight is 616 g/mol. The number of ether oxygens (including phenoxy) is 2. The fourth-order valence-corrected chi connectivity index (χ4v) is 4.86. The molecule has 0 saturated heterocycles. The Hall–Kier alpha value is -5.34. The molecule has 1 aliphatic heterocycles. The molecule has 13 nitrogen and oxygen atoms in total. The first-order valence-corrected chi connectivity index (χ1v) is 14.4. The van der Waals surface area contributed by atoms with Crippen molar-refractivity contribution in [2.45, 2.75) is 24.3 Å². The fraction of sp³-hybridized carbons (Fsp3) is 0.167. The molecule has 5 rings (SSSR count). The fourth-order valence-electron chi connectivity index (χ4n) is 4.49. The molecule has 0 fully saturated rings. The van der Waals surface area contributed by atoms with Gasteiger partial charge in [0.15, 0.2) is 16.9 Å². The molecule has 0 bridgehead atoms. The zero-order chi connectivity index (χ0) is 31.5. The largest absolute Gasteiger partial charge is 0.437 e. The van der Waals surface area contributed by atoms with Gasteiger partial charge in [-0.25, -0.2) is 4.21 Å². The highest BCUT2D eigenvalue weighted by molar-refractivity contribution is 7.79. The molecule has 44 heavy (non-hydrogen) atoms. The number of carbonyl (C=O) groups is 2. The molecule has 4 aromatic rings. The number of carbonyl (C=O) groups excluding carboxylic acids is 2. The van der Waals surface area contributed by atoms with Crippen LogP contribution in [0.15, 0.2) is 71.6 Å². The first kappa shape index (κ1) is 30.1. The lowest BCUT2D eigenvalue weighted by Gasteiger charge is -2.27. The summed E-state index contributed by atoms with van der Waals surface area (Å²) in [6.07, 6.45) is 0.250. The summed E-state index contributed by atoms with van der Waals surface area (Å²) in [5, 5.41) is 13.7. The Morgan fingerprint density at radius 2 is 1.80 bits per heavy atom. The number of rotatable bonds is 9. The summed E-state index contributed by atoms with van der Waals surface area (Å²) in [5.41, 5.74) is 8.25. The molecule has 3 aromatic carbocycles. The van der Waals surface area contributed by atoms with Crippen LogP contribution in [0.4, 0.5) is 11.5 Å². The number of aryl methyl sites for hydroxylation is 1. The SMILES string of the molecule is Cc1cc(Oc2nc(Oc3cccc(C(=O)N(C)C)c3)nc3c2NC(=O)C(Cc2ccc(S(=O)O)cc2)N3)ccc1C(=N)N. The molecule has 0 spiro atoms. The van der Waals surface area contributed by atoms with Crippen LogP contribution in [0.2, 0.25) is 0 Å². The lowest BCUT2D eigenvalue weighted by Crippen LogP contribution is -2.41. The van der Waals surface area contributed by atoms with Gasteiger partial charge < -0.3 is 35.3 Å². The molecule has 0 saturated carbocycles. The number of hydrogen-bond donors (Lipinski definition) is 5. The van der Waals surface area contributed by atoms with Gasteiger partial charge in [0.05, 0.1) is 4.90 Å². The summed E-state index contributed by atoms with van der Waals surface area (Å²) >= 11 is -2.11. The molecule has 0 aliphatic carbocycles. The zero-order valence-corrected chi connectivity index (χ0v) is 24.8. The Morgan fingerprint density at radius 3 is 2.45 bits per heavy atom. The number of aromatic nitrogens is 2. The van der Waals surface area contributed by atoms with E-state index >= 15 is 0 Å². The molecule has 226 valence electrons. The van der Waals surface area contributed by atoms with Crippen LogP contribution in [0.1, 0.15) is 27.0 Å². The van der Waals surface area contributed by atoms with E-state index in [2.05, 4.69) is 20.6 Å². The van der Waals surface area contributed by atoms with Crippen LogP contribution in [-0.4, -0.2) is 61.4 Å². The van der Waals surface area contributed by atoms with Gasteiger partial charge in [0.25, 0.3) is 11.8 Å². The van der Waals surface area contributed by atoms with Crippen LogP contribution in [0.3, 0.4) is 0 Å². The molecule has 2 unspecified atom stereocenters. The molecule has 1 aliphatic rings. The number of amides is 2. The molecule has 1 aromatic heterocycles. The number of anilines is 2. The number of nitrogens with zero attached hydrogens (tertiary/aromatic N) is 3. The minimum atomic E-state index is -2.11. The molecule has 2 atom stereocenters. The van der Waals surface area contributed by atoms with Crippen LogP contribution < -0.4 is 25.8 Å². The summed E-state index contributed by atoms with van der Waals surface area (Å²) in [6.45, 7) is 1.79. The van der Waals surface area contributed by atoms with E-state index in [9.17, 15) is 18.4 Å². The number of nitrogens with two attached hydrogens (primary N) is 1. The number of hydrogen-bond acceptors (Lipinski definition) is 9. The van der Waals surface area contributed by atoms with E-state index in [1.807, 2.05) is 0 Å². The quantitative estimate of drug-likeness (QED) is 0.105. The van der Waals surface area contributed by atoms with Crippen molar-refractivity contribution in [3.8, 4) is 23.4 Å². The van der Waals surface area contributed by atoms with Gasteiger partial charge in [0.2, 0.25) is 5.91 Å². The van der Waals surface area contributed by atoms with Crippen molar-refractivity contribution in [3.05, 3.63) is 89.0 Å². The molecule has 14 heteroatoms. The number of fused-ring (bicyclic) bond motifs is 1. The highest BCUT2D eigenvalue weighted by Gasteiger charge is 2.31. The van der Waals surface area contributed by atoms with E-state index in [0.29, 0.717) is 28.2 Å². The van der Waals surface area contributed by atoms with E-state index < -0.39 is 17.1 Å². The van der Waals surface area contributed by atoms with Crippen LogP contribution in [-0.2, 0) is 22.3 Å². The predicted molar refractivity (Wildman–Crippen MR) is 164 cm³/mol. The summed E-state index contributed by atoms with van der Waals surface area (Å²) in [5.74, 6) is 0.252. The standard InChI is InChI=1S/C30H29N7O6S/c1-16-13-20(9-12-22(16)25(31)32)42-28-24-26(33-23(27(38)34-24)14-17-7-10-21(11-8-17)44(40)41)35-30(36-28)43-19-6-4-5-18(15-19)29(39)37(2)3/h4-13,15,23H,14H2,1-3H3,(H3,31,32)(H,34,38)(H,40,41)(H,33,35,36). The first-order chi connectivity index (χ1) is 21.0. The summed E-state index contributed by atoms with van der Waals surface area (Å²) in [4.78, 5) is 36.3. The van der Waals surface area contributed by atoms with E-state index in [4.69, 9.17) is 20.6 Å². The Bertz CT molecular complexity index is 1800. The molecule has 6 N–H and O–H groups in total. The number of nitrogens with one attached hydrogen (secondary N) is 3. The van der Waals surface area contributed by atoms with E-state index in [1.165, 1.54) is 17.0 Å². The van der Waals surface area contributed by atoms with Gasteiger partial charge in [0.1, 0.15) is 29.1 Å². The second-order valence-corrected chi connectivity index (χ2v) is 11.1. The van der Waals surface area contributed by atoms with Gasteiger partial charge >= 0.3 is 6.01 Å². The summed E-state index contributed by atoms with van der Waals surface area (Å²) in [7, 11) is 3.30. The number of benzene rings is 3. The molecule has 2 amide bonds. The maximum absolute atomic E-state index is 13.2. The molecule has 0 radical (unpaired) electrons. The summed E-state index contributed by atoms with van der Waals surface area (Å²) < 4.78 is 32.7. The van der Waals surface area contributed by atoms with Crippen molar-refractivity contribution in [3.63, 3.8) is 0 Å². The maximum Gasteiger partial charge on any atom is 0.327 e. The third kappa shape index (κ3) is 6.66. The predicted octanol–water partition coefficient (Wildman–Crippen LogP) is 3.91. The molecular weight excluding hydrogens is 586 g/mol. The molecule has 2 heterocycles. The van der Waals surface area contributed by atoms with Gasteiger partial charge in [-0.3, -0.25) is 15.0 Å². The van der Waals surface area contributed by atoms with E-state index in [-0.39, 0.29) is 52.4 Å². The van der Waals surface area contributed by atoms with Crippen molar-refractivity contribution in [2.75, 3.05) is 24.7 Å². The molecular formula is C30H29N7O6S. The van der Waals surface area contributed by atoms with Crippen molar-refractivity contribution < 1.29 is 27.8 Å². The lowest BCUT2D eigenvalue weighted by molar-refractivity contribution is -0.117. The highest BCUT2D eigenvalue weighted by Crippen LogP contribution is 2.39. The van der Waals surface area contributed by atoms with Crippen LogP contribution in [0.25, 0.3) is 0 Å². The highest BCUT2D eigenvalue weighted by atomic mass is 32.2. The van der Waals surface area contributed by atoms with E-state index in [0.717, 1.165) is 5.56 Å². The van der Waals surface area contributed by atoms with Crippen LogP contribution in [0, 0.1) is 12.3 Å². The first-order valence-electron chi connectivity index (χ1n) is 13.3. The third-order valence-corrected chi connectivity index (χ3v) is 7.37. The Kier molecular flexibility index (Phi) is 8.55. The normalized spacial score (nSPS) is 14.5. The topological polar surface area (TPSA) is 193 Å². The average Bonchev–Trinajstić information content (AvgIpc) is 2.98. The monoisotopic (exact) mass is 615 g/mol. The Labute approximate surface area is 255 Å². The Morgan fingerprint density at radius 1 is 1.07 bits per heavy atom.